The summed E-state index contributed by atoms with van der Waals surface area (Å²) < 4.78 is 16.3. The molecule has 1 amide bonds. The molecule has 0 spiro atoms. The van der Waals surface area contributed by atoms with Crippen LogP contribution < -0.4 is 19.6 Å². The third-order valence-electron chi connectivity index (χ3n) is 3.96. The maximum absolute atomic E-state index is 12.1. The lowest BCUT2D eigenvalue weighted by atomic mass is 10.2. The van der Waals surface area contributed by atoms with Crippen molar-refractivity contribution in [1.29, 1.82) is 0 Å². The Morgan fingerprint density at radius 1 is 1.14 bits per heavy atom. The molecule has 0 aliphatic rings. The Morgan fingerprint density at radius 3 is 2.59 bits per heavy atom. The van der Waals surface area contributed by atoms with Crippen LogP contribution in [-0.4, -0.2) is 31.3 Å². The molecule has 0 unspecified atom stereocenters. The summed E-state index contributed by atoms with van der Waals surface area (Å²) in [6.07, 6.45) is 1.54. The van der Waals surface area contributed by atoms with Gasteiger partial charge in [-0.1, -0.05) is 0 Å². The smallest absolute Gasteiger partial charge is 0.271 e. The van der Waals surface area contributed by atoms with E-state index < -0.39 is 0 Å². The molecule has 2 aromatic carbocycles. The minimum absolute atomic E-state index is 0.311. The van der Waals surface area contributed by atoms with Gasteiger partial charge in [0.1, 0.15) is 12.4 Å². The lowest BCUT2D eigenvalue weighted by Crippen LogP contribution is -2.17. The van der Waals surface area contributed by atoms with Crippen LogP contribution in [0.1, 0.15) is 26.6 Å². The molecule has 1 N–H and O–H groups in total. The number of carbonyl (C=O) groups is 1. The molecule has 1 aromatic heterocycles. The fraction of sp³-hybridized carbons (Fsp3) is 0.190. The summed E-state index contributed by atoms with van der Waals surface area (Å²) in [4.78, 5) is 16.5. The number of nitrogens with zero attached hydrogens (tertiary/aromatic N) is 2. The molecule has 1 heterocycles. The normalized spacial score (nSPS) is 10.7. The summed E-state index contributed by atoms with van der Waals surface area (Å²) in [5.41, 5.74) is 4.62. The van der Waals surface area contributed by atoms with Gasteiger partial charge in [-0.25, -0.2) is 10.4 Å². The summed E-state index contributed by atoms with van der Waals surface area (Å²) >= 11 is 1.58. The number of hydrazone groups is 1. The van der Waals surface area contributed by atoms with Crippen molar-refractivity contribution in [3.05, 3.63) is 69.7 Å². The van der Waals surface area contributed by atoms with Crippen LogP contribution in [0.15, 0.2) is 52.9 Å². The fourth-order valence-electron chi connectivity index (χ4n) is 2.48. The van der Waals surface area contributed by atoms with E-state index >= 15 is 0 Å². The number of nitrogens with one attached hydrogen (secondary N) is 1. The number of ether oxygens (including phenoxy) is 3. The minimum atomic E-state index is -0.311. The number of aryl methyl sites for hydroxylation is 1. The average molecular weight is 411 g/mol. The molecule has 0 atom stereocenters. The first-order valence-corrected chi connectivity index (χ1v) is 9.66. The summed E-state index contributed by atoms with van der Waals surface area (Å²) in [5.74, 6) is 1.55. The van der Waals surface area contributed by atoms with E-state index in [9.17, 15) is 4.79 Å². The Hall–Kier alpha value is -3.39. The number of hydrogen-bond acceptors (Lipinski definition) is 7. The van der Waals surface area contributed by atoms with Crippen molar-refractivity contribution in [2.24, 2.45) is 5.10 Å². The first-order valence-electron chi connectivity index (χ1n) is 8.78. The van der Waals surface area contributed by atoms with E-state index in [2.05, 4.69) is 15.5 Å². The third kappa shape index (κ3) is 5.55. The highest BCUT2D eigenvalue weighted by Gasteiger charge is 2.08. The molecule has 0 aliphatic heterocycles. The average Bonchev–Trinajstić information content (AvgIpc) is 3.17. The van der Waals surface area contributed by atoms with Gasteiger partial charge in [-0.3, -0.25) is 4.79 Å². The lowest BCUT2D eigenvalue weighted by Gasteiger charge is -2.10. The van der Waals surface area contributed by atoms with Crippen molar-refractivity contribution < 1.29 is 19.0 Å². The van der Waals surface area contributed by atoms with Crippen LogP contribution >= 0.6 is 11.3 Å². The highest BCUT2D eigenvalue weighted by atomic mass is 32.1. The quantitative estimate of drug-likeness (QED) is 0.450. The van der Waals surface area contributed by atoms with Crippen LogP contribution in [-0.2, 0) is 6.61 Å². The molecule has 7 nitrogen and oxygen atoms in total. The topological polar surface area (TPSA) is 82.0 Å². The Balaban J connectivity index is 1.60. The molecule has 0 aliphatic carbocycles. The lowest BCUT2D eigenvalue weighted by molar-refractivity contribution is 0.0955. The van der Waals surface area contributed by atoms with Crippen LogP contribution in [0.3, 0.4) is 0 Å². The Morgan fingerprint density at radius 2 is 1.93 bits per heavy atom. The van der Waals surface area contributed by atoms with Gasteiger partial charge in [0, 0.05) is 10.9 Å². The van der Waals surface area contributed by atoms with E-state index in [1.54, 1.807) is 62.0 Å². The summed E-state index contributed by atoms with van der Waals surface area (Å²) in [6.45, 7) is 2.32. The SMILES string of the molecule is COc1ccc(C(=O)N/N=C\c2ccc(OCc3csc(C)n3)c(OC)c2)cc1. The summed E-state index contributed by atoms with van der Waals surface area (Å²) in [5, 5.41) is 6.97. The summed E-state index contributed by atoms with van der Waals surface area (Å²) in [7, 11) is 3.14. The van der Waals surface area contributed by atoms with E-state index in [4.69, 9.17) is 14.2 Å². The van der Waals surface area contributed by atoms with Crippen molar-refractivity contribution in [1.82, 2.24) is 10.4 Å². The van der Waals surface area contributed by atoms with Crippen molar-refractivity contribution in [3.8, 4) is 17.2 Å². The van der Waals surface area contributed by atoms with Gasteiger partial charge < -0.3 is 14.2 Å². The molecular weight excluding hydrogens is 390 g/mol. The van der Waals surface area contributed by atoms with Gasteiger partial charge in [-0.05, 0) is 55.0 Å². The van der Waals surface area contributed by atoms with Gasteiger partial charge in [-0.15, -0.1) is 11.3 Å². The largest absolute Gasteiger partial charge is 0.497 e. The highest BCUT2D eigenvalue weighted by molar-refractivity contribution is 7.09. The van der Waals surface area contributed by atoms with Crippen molar-refractivity contribution in [2.45, 2.75) is 13.5 Å². The van der Waals surface area contributed by atoms with Gasteiger partial charge >= 0.3 is 0 Å². The van der Waals surface area contributed by atoms with Gasteiger partial charge in [0.2, 0.25) is 0 Å². The van der Waals surface area contributed by atoms with Gasteiger partial charge in [0.25, 0.3) is 5.91 Å². The zero-order valence-electron chi connectivity index (χ0n) is 16.3. The fourth-order valence-corrected chi connectivity index (χ4v) is 3.08. The van der Waals surface area contributed by atoms with Crippen molar-refractivity contribution in [2.75, 3.05) is 14.2 Å². The molecule has 150 valence electrons. The molecule has 0 radical (unpaired) electrons. The number of hydrogen-bond donors (Lipinski definition) is 1. The molecule has 0 fully saturated rings. The van der Waals surface area contributed by atoms with Gasteiger partial charge in [-0.2, -0.15) is 5.10 Å². The zero-order valence-corrected chi connectivity index (χ0v) is 17.2. The second kappa shape index (κ2) is 9.70. The maximum Gasteiger partial charge on any atom is 0.271 e. The molecule has 0 bridgehead atoms. The van der Waals surface area contributed by atoms with Crippen LogP contribution in [0.5, 0.6) is 17.2 Å². The second-order valence-corrected chi connectivity index (χ2v) is 7.05. The van der Waals surface area contributed by atoms with Gasteiger partial charge in [0.05, 0.1) is 31.1 Å². The molecule has 0 saturated carbocycles. The van der Waals surface area contributed by atoms with E-state index in [0.717, 1.165) is 16.3 Å². The molecule has 3 rings (SSSR count). The molecule has 0 saturated heterocycles. The number of aromatic nitrogens is 1. The van der Waals surface area contributed by atoms with E-state index in [1.165, 1.54) is 6.21 Å². The molecule has 8 heteroatoms. The second-order valence-electron chi connectivity index (χ2n) is 5.98. The van der Waals surface area contributed by atoms with Crippen LogP contribution in [0.2, 0.25) is 0 Å². The number of carbonyl (C=O) groups excluding carboxylic acids is 1. The van der Waals surface area contributed by atoms with E-state index in [-0.39, 0.29) is 5.91 Å². The number of rotatable bonds is 8. The Labute approximate surface area is 173 Å². The van der Waals surface area contributed by atoms with Crippen LogP contribution in [0.4, 0.5) is 0 Å². The van der Waals surface area contributed by atoms with Crippen LogP contribution in [0, 0.1) is 6.92 Å². The predicted molar refractivity (Wildman–Crippen MR) is 112 cm³/mol. The predicted octanol–water partition coefficient (Wildman–Crippen LogP) is 3.81. The number of amides is 1. The molecule has 29 heavy (non-hydrogen) atoms. The molecule has 3 aromatic rings. The number of benzene rings is 2. The van der Waals surface area contributed by atoms with Crippen LogP contribution in [0.25, 0.3) is 0 Å². The standard InChI is InChI=1S/C21H21N3O4S/c1-14-23-17(13-29-14)12-28-19-9-4-15(10-20(19)27-3)11-22-24-21(25)16-5-7-18(26-2)8-6-16/h4-11,13H,12H2,1-3H3,(H,24,25)/b22-11-. The first kappa shape index (κ1) is 20.3. The molecular formula is C21H21N3O4S. The highest BCUT2D eigenvalue weighted by Crippen LogP contribution is 2.28. The number of thiazole rings is 1. The summed E-state index contributed by atoms with van der Waals surface area (Å²) in [6, 6.07) is 12.2. The third-order valence-corrected chi connectivity index (χ3v) is 4.78. The minimum Gasteiger partial charge on any atom is -0.497 e. The van der Waals surface area contributed by atoms with E-state index in [1.807, 2.05) is 18.4 Å². The maximum atomic E-state index is 12.1. The van der Waals surface area contributed by atoms with E-state index in [0.29, 0.717) is 29.4 Å². The van der Waals surface area contributed by atoms with Crippen molar-refractivity contribution in [3.63, 3.8) is 0 Å². The monoisotopic (exact) mass is 411 g/mol. The first-order chi connectivity index (χ1) is 14.1. The Bertz CT molecular complexity index is 999. The number of methoxy groups -OCH3 is 2. The Kier molecular flexibility index (Phi) is 6.80. The zero-order chi connectivity index (χ0) is 20.6. The van der Waals surface area contributed by atoms with Crippen molar-refractivity contribution >= 4 is 23.5 Å². The van der Waals surface area contributed by atoms with Gasteiger partial charge in [0.15, 0.2) is 11.5 Å².